The molecule has 0 aliphatic carbocycles. The van der Waals surface area contributed by atoms with Crippen molar-refractivity contribution in [1.82, 2.24) is 15.2 Å². The molecule has 3 aromatic rings. The molecule has 0 saturated carbocycles. The van der Waals surface area contributed by atoms with Gasteiger partial charge < -0.3 is 15.2 Å². The van der Waals surface area contributed by atoms with Gasteiger partial charge in [-0.2, -0.15) is 0 Å². The zero-order valence-corrected chi connectivity index (χ0v) is 19.1. The number of aromatic nitrogens is 1. The van der Waals surface area contributed by atoms with Crippen molar-refractivity contribution in [2.24, 2.45) is 5.92 Å². The molecule has 1 aromatic heterocycles. The Morgan fingerprint density at radius 2 is 1.85 bits per heavy atom. The highest BCUT2D eigenvalue weighted by Crippen LogP contribution is 2.45. The molecule has 170 valence electrons. The normalized spacial score (nSPS) is 19.9. The Hall–Kier alpha value is -3.61. The number of aromatic amines is 1. The lowest BCUT2D eigenvalue weighted by Gasteiger charge is -2.35. The number of fused-ring (bicyclic) bond motifs is 5. The molecule has 0 radical (unpaired) electrons. The van der Waals surface area contributed by atoms with Crippen LogP contribution in [0.4, 0.5) is 10.5 Å². The fourth-order valence-electron chi connectivity index (χ4n) is 5.03. The number of nitrogens with one attached hydrogen (secondary N) is 2. The number of rotatable bonds is 5. The van der Waals surface area contributed by atoms with Crippen LogP contribution >= 0.6 is 0 Å². The molecule has 3 heterocycles. The van der Waals surface area contributed by atoms with Gasteiger partial charge >= 0.3 is 6.03 Å². The van der Waals surface area contributed by atoms with Crippen molar-refractivity contribution >= 4 is 34.4 Å². The number of imide groups is 1. The molecular formula is C26H28N4O3. The van der Waals surface area contributed by atoms with Gasteiger partial charge in [0, 0.05) is 24.0 Å². The molecule has 4 amide bonds. The second kappa shape index (κ2) is 7.76. The van der Waals surface area contributed by atoms with E-state index < -0.39 is 11.6 Å². The van der Waals surface area contributed by atoms with Gasteiger partial charge in [-0.05, 0) is 49.4 Å². The predicted octanol–water partition coefficient (Wildman–Crippen LogP) is 4.18. The van der Waals surface area contributed by atoms with E-state index in [-0.39, 0.29) is 11.8 Å². The Labute approximate surface area is 192 Å². The lowest BCUT2D eigenvalue weighted by Crippen LogP contribution is -2.49. The Bertz CT molecular complexity index is 1280. The van der Waals surface area contributed by atoms with Crippen molar-refractivity contribution in [1.29, 1.82) is 0 Å². The minimum Gasteiger partial charge on any atom is -0.356 e. The Kier molecular flexibility index (Phi) is 5.00. The third kappa shape index (κ3) is 3.14. The molecule has 2 N–H and O–H groups in total. The number of urea groups is 1. The number of anilines is 1. The van der Waals surface area contributed by atoms with Crippen LogP contribution in [0.15, 0.2) is 48.5 Å². The lowest BCUT2D eigenvalue weighted by molar-refractivity contribution is -0.125. The molecule has 2 aliphatic heterocycles. The molecule has 0 bridgehead atoms. The largest absolute Gasteiger partial charge is 0.356 e. The molecule has 1 unspecified atom stereocenters. The molecule has 5 rings (SSSR count). The van der Waals surface area contributed by atoms with E-state index in [2.05, 4.69) is 24.1 Å². The monoisotopic (exact) mass is 444 g/mol. The molecule has 7 nitrogen and oxygen atoms in total. The fourth-order valence-corrected chi connectivity index (χ4v) is 5.03. The van der Waals surface area contributed by atoms with E-state index in [1.165, 1.54) is 4.90 Å². The number of hydrogen-bond donors (Lipinski definition) is 2. The maximum atomic E-state index is 13.9. The number of hydrogen-bond acceptors (Lipinski definition) is 3. The average molecular weight is 445 g/mol. The standard InChI is InChI=1S/C26H28N4O3/c1-16(2)12-14-27-23(31)19-9-5-7-11-21(19)30-24(32)26(3)22-18(13-15-29(26)25(30)33)17-8-4-6-10-20(17)28-22/h4-11,16,28H,12-15H2,1-3H3,(H,27,31). The third-order valence-corrected chi connectivity index (χ3v) is 6.86. The van der Waals surface area contributed by atoms with E-state index in [1.54, 1.807) is 36.1 Å². The summed E-state index contributed by atoms with van der Waals surface area (Å²) in [6.45, 7) is 6.96. The molecule has 1 saturated heterocycles. The highest BCUT2D eigenvalue weighted by atomic mass is 16.2. The maximum absolute atomic E-state index is 13.9. The maximum Gasteiger partial charge on any atom is 0.332 e. The van der Waals surface area contributed by atoms with Gasteiger partial charge in [0.25, 0.3) is 11.8 Å². The van der Waals surface area contributed by atoms with Crippen molar-refractivity contribution in [2.45, 2.75) is 39.2 Å². The fraction of sp³-hybridized carbons (Fsp3) is 0.346. The van der Waals surface area contributed by atoms with Crippen LogP contribution in [-0.4, -0.2) is 40.8 Å². The summed E-state index contributed by atoms with van der Waals surface area (Å²) in [7, 11) is 0. The van der Waals surface area contributed by atoms with Gasteiger partial charge in [0.05, 0.1) is 16.9 Å². The van der Waals surface area contributed by atoms with Gasteiger partial charge in [0.15, 0.2) is 5.54 Å². The molecular weight excluding hydrogens is 416 g/mol. The van der Waals surface area contributed by atoms with Crippen molar-refractivity contribution in [3.8, 4) is 0 Å². The summed E-state index contributed by atoms with van der Waals surface area (Å²) >= 11 is 0. The van der Waals surface area contributed by atoms with Crippen LogP contribution in [0.1, 0.15) is 48.8 Å². The topological polar surface area (TPSA) is 85.5 Å². The Balaban J connectivity index is 1.54. The van der Waals surface area contributed by atoms with Crippen LogP contribution in [0, 0.1) is 5.92 Å². The summed E-state index contributed by atoms with van der Waals surface area (Å²) in [5.41, 5.74) is 2.28. The smallest absolute Gasteiger partial charge is 0.332 e. The first-order chi connectivity index (χ1) is 15.8. The van der Waals surface area contributed by atoms with E-state index in [0.717, 1.165) is 28.6 Å². The first kappa shape index (κ1) is 21.2. The van der Waals surface area contributed by atoms with E-state index in [4.69, 9.17) is 0 Å². The van der Waals surface area contributed by atoms with Gasteiger partial charge in [0.1, 0.15) is 0 Å². The molecule has 1 atom stereocenters. The van der Waals surface area contributed by atoms with Crippen molar-refractivity contribution in [3.05, 3.63) is 65.4 Å². The quantitative estimate of drug-likeness (QED) is 0.579. The Morgan fingerprint density at radius 3 is 2.64 bits per heavy atom. The summed E-state index contributed by atoms with van der Waals surface area (Å²) in [5, 5.41) is 4.00. The zero-order valence-electron chi connectivity index (χ0n) is 19.1. The van der Waals surface area contributed by atoms with Crippen LogP contribution in [0.25, 0.3) is 10.9 Å². The van der Waals surface area contributed by atoms with Gasteiger partial charge in [-0.15, -0.1) is 0 Å². The molecule has 0 spiro atoms. The summed E-state index contributed by atoms with van der Waals surface area (Å²) in [6, 6.07) is 14.4. The molecule has 1 fully saturated rings. The minimum atomic E-state index is -1.15. The van der Waals surface area contributed by atoms with Gasteiger partial charge in [-0.3, -0.25) is 9.59 Å². The second-order valence-electron chi connectivity index (χ2n) is 9.38. The highest BCUT2D eigenvalue weighted by Gasteiger charge is 2.59. The SMILES string of the molecule is CC(C)CCNC(=O)c1ccccc1N1C(=O)N2CCc3c([nH]c4ccccc34)C2(C)C1=O. The van der Waals surface area contributed by atoms with Gasteiger partial charge in [0.2, 0.25) is 0 Å². The number of nitrogens with zero attached hydrogens (tertiary/aromatic N) is 2. The number of carbonyl (C=O) groups is 3. The lowest BCUT2D eigenvalue weighted by atomic mass is 9.87. The number of amides is 4. The number of H-pyrrole nitrogens is 1. The van der Waals surface area contributed by atoms with Crippen molar-refractivity contribution in [3.63, 3.8) is 0 Å². The highest BCUT2D eigenvalue weighted by molar-refractivity contribution is 6.25. The zero-order chi connectivity index (χ0) is 23.3. The van der Waals surface area contributed by atoms with E-state index in [0.29, 0.717) is 36.7 Å². The summed E-state index contributed by atoms with van der Waals surface area (Å²) in [5.74, 6) is -0.167. The molecule has 7 heteroatoms. The Morgan fingerprint density at radius 1 is 1.12 bits per heavy atom. The first-order valence-corrected chi connectivity index (χ1v) is 11.5. The van der Waals surface area contributed by atoms with Crippen LogP contribution < -0.4 is 10.2 Å². The second-order valence-corrected chi connectivity index (χ2v) is 9.38. The van der Waals surface area contributed by atoms with Crippen molar-refractivity contribution < 1.29 is 14.4 Å². The summed E-state index contributed by atoms with van der Waals surface area (Å²) < 4.78 is 0. The number of carbonyl (C=O) groups excluding carboxylic acids is 3. The van der Waals surface area contributed by atoms with Crippen LogP contribution in [-0.2, 0) is 16.8 Å². The van der Waals surface area contributed by atoms with Crippen LogP contribution in [0.5, 0.6) is 0 Å². The average Bonchev–Trinajstić information content (AvgIpc) is 3.27. The first-order valence-electron chi connectivity index (χ1n) is 11.5. The minimum absolute atomic E-state index is 0.284. The predicted molar refractivity (Wildman–Crippen MR) is 127 cm³/mol. The molecule has 2 aliphatic rings. The van der Waals surface area contributed by atoms with E-state index in [1.807, 2.05) is 24.3 Å². The van der Waals surface area contributed by atoms with Gasteiger partial charge in [-0.1, -0.05) is 44.2 Å². The summed E-state index contributed by atoms with van der Waals surface area (Å²) in [6.07, 6.45) is 1.52. The van der Waals surface area contributed by atoms with E-state index >= 15 is 0 Å². The number of benzene rings is 2. The molecule has 2 aromatic carbocycles. The van der Waals surface area contributed by atoms with Crippen LogP contribution in [0.2, 0.25) is 0 Å². The van der Waals surface area contributed by atoms with E-state index in [9.17, 15) is 14.4 Å². The molecule has 33 heavy (non-hydrogen) atoms. The summed E-state index contributed by atoms with van der Waals surface area (Å²) in [4.78, 5) is 46.6. The number of para-hydroxylation sites is 2. The van der Waals surface area contributed by atoms with Gasteiger partial charge in [-0.25, -0.2) is 9.69 Å². The van der Waals surface area contributed by atoms with Crippen LogP contribution in [0.3, 0.4) is 0 Å². The van der Waals surface area contributed by atoms with Crippen molar-refractivity contribution in [2.75, 3.05) is 18.0 Å². The third-order valence-electron chi connectivity index (χ3n) is 6.86.